The van der Waals surface area contributed by atoms with E-state index in [1.54, 1.807) is 0 Å². The summed E-state index contributed by atoms with van der Waals surface area (Å²) in [5.41, 5.74) is 0. The molecule has 15 heavy (non-hydrogen) atoms. The van der Waals surface area contributed by atoms with Crippen molar-refractivity contribution in [2.45, 2.75) is 46.0 Å². The number of carbonyl (C=O) groups excluding carboxylic acids is 2. The molecular formula is C10H18O4Zr. The van der Waals surface area contributed by atoms with Gasteiger partial charge in [0, 0.05) is 12.4 Å². The first-order chi connectivity index (χ1) is 6.54. The van der Waals surface area contributed by atoms with Crippen molar-refractivity contribution >= 4 is 11.8 Å². The zero-order chi connectivity index (χ0) is 11.4. The number of hydrogen-bond acceptors (Lipinski definition) is 4. The fraction of sp³-hybridized carbons (Fsp3) is 0.800. The van der Waals surface area contributed by atoms with Crippen LogP contribution >= 0.6 is 0 Å². The molecule has 0 fully saturated rings. The van der Waals surface area contributed by atoms with Crippen LogP contribution in [0.5, 0.6) is 0 Å². The second kappa shape index (κ2) is 16.4. The maximum Gasteiger partial charge on any atom is 2.00 e. The zero-order valence-corrected chi connectivity index (χ0v) is 11.8. The number of aliphatic carboxylic acids is 1. The van der Waals surface area contributed by atoms with E-state index in [-0.39, 0.29) is 38.6 Å². The van der Waals surface area contributed by atoms with Gasteiger partial charge in [-0.25, -0.2) is 0 Å². The molecule has 0 aliphatic rings. The third kappa shape index (κ3) is 31.5. The Bertz CT molecular complexity index is 144. The monoisotopic (exact) mass is 292 g/mol. The fourth-order valence-corrected chi connectivity index (χ4v) is 0.732. The van der Waals surface area contributed by atoms with Gasteiger partial charge in [0.15, 0.2) is 0 Å². The van der Waals surface area contributed by atoms with Crippen molar-refractivity contribution in [1.82, 2.24) is 0 Å². The third-order valence-electron chi connectivity index (χ3n) is 1.39. The average molecular weight is 293 g/mol. The molecule has 5 heteroatoms. The number of unbranched alkanes of at least 4 members (excludes halogenated alkanes) is 3. The van der Waals surface area contributed by atoms with E-state index in [4.69, 9.17) is 0 Å². The molecule has 0 aliphatic carbocycles. The first-order valence-corrected chi connectivity index (χ1v) is 4.82. The van der Waals surface area contributed by atoms with Gasteiger partial charge in [-0.2, -0.15) is 0 Å². The molecule has 0 radical (unpaired) electrons. The largest absolute Gasteiger partial charge is 2.00 e. The Labute approximate surface area is 110 Å². The molecule has 0 amide bonds. The predicted octanol–water partition coefficient (Wildman–Crippen LogP) is -0.360. The summed E-state index contributed by atoms with van der Waals surface area (Å²) in [4.78, 5) is 19.3. The van der Waals surface area contributed by atoms with Crippen molar-refractivity contribution in [2.24, 2.45) is 0 Å². The Morgan fingerprint density at radius 3 is 1.87 bits per heavy atom. The molecule has 0 aromatic heterocycles. The quantitative estimate of drug-likeness (QED) is 0.495. The van der Waals surface area contributed by atoms with Crippen molar-refractivity contribution < 1.29 is 46.0 Å². The fourth-order valence-electron chi connectivity index (χ4n) is 0.732. The van der Waals surface area contributed by atoms with E-state index >= 15 is 0 Å². The molecule has 0 unspecified atom stereocenters. The van der Waals surface area contributed by atoms with Crippen LogP contribution in [-0.4, -0.2) is 18.4 Å². The first kappa shape index (κ1) is 20.4. The van der Waals surface area contributed by atoms with Gasteiger partial charge in [0.2, 0.25) is 0 Å². The van der Waals surface area contributed by atoms with Crippen molar-refractivity contribution in [2.75, 3.05) is 6.61 Å². The minimum Gasteiger partial charge on any atom is -0.854 e. The molecule has 0 saturated heterocycles. The average Bonchev–Trinajstić information content (AvgIpc) is 2.04. The summed E-state index contributed by atoms with van der Waals surface area (Å²) in [7, 11) is 0. The Balaban J connectivity index is -0.000000180. The van der Waals surface area contributed by atoms with Crippen LogP contribution in [-0.2, 0) is 35.8 Å². The van der Waals surface area contributed by atoms with Crippen LogP contribution in [0, 0.1) is 0 Å². The SMILES string of the molecule is CC(=O)CC(=O)[O-].CCCCCC[O-].[Zr+2]. The molecule has 0 aromatic rings. The topological polar surface area (TPSA) is 80.3 Å². The molecule has 4 nitrogen and oxygen atoms in total. The van der Waals surface area contributed by atoms with Crippen LogP contribution in [0.4, 0.5) is 0 Å². The molecule has 0 atom stereocenters. The van der Waals surface area contributed by atoms with Crippen LogP contribution in [0.25, 0.3) is 0 Å². The molecule has 0 heterocycles. The van der Waals surface area contributed by atoms with Crippen LogP contribution in [0.1, 0.15) is 46.0 Å². The van der Waals surface area contributed by atoms with Gasteiger partial charge in [-0.15, -0.1) is 6.61 Å². The molecule has 0 N–H and O–H groups in total. The van der Waals surface area contributed by atoms with E-state index < -0.39 is 12.4 Å². The van der Waals surface area contributed by atoms with Gasteiger partial charge in [0.25, 0.3) is 0 Å². The number of carbonyl (C=O) groups is 2. The van der Waals surface area contributed by atoms with E-state index in [1.807, 2.05) is 0 Å². The Morgan fingerprint density at radius 2 is 1.67 bits per heavy atom. The van der Waals surface area contributed by atoms with Gasteiger partial charge in [-0.3, -0.25) is 4.79 Å². The molecule has 0 spiro atoms. The van der Waals surface area contributed by atoms with Crippen molar-refractivity contribution in [3.05, 3.63) is 0 Å². The summed E-state index contributed by atoms with van der Waals surface area (Å²) >= 11 is 0. The Hall–Kier alpha value is -0.0169. The smallest absolute Gasteiger partial charge is 0.854 e. The van der Waals surface area contributed by atoms with E-state index in [0.29, 0.717) is 0 Å². The first-order valence-electron chi connectivity index (χ1n) is 4.82. The number of carboxylic acid groups (broad SMARTS) is 1. The number of Topliss-reactive ketones (excluding diaryl/α,β-unsaturated/α-hetero) is 1. The summed E-state index contributed by atoms with van der Waals surface area (Å²) in [5.74, 6) is -1.69. The van der Waals surface area contributed by atoms with Crippen LogP contribution < -0.4 is 10.2 Å². The van der Waals surface area contributed by atoms with E-state index in [0.717, 1.165) is 12.8 Å². The Morgan fingerprint density at radius 1 is 1.13 bits per heavy atom. The van der Waals surface area contributed by atoms with E-state index in [9.17, 15) is 19.8 Å². The van der Waals surface area contributed by atoms with Gasteiger partial charge < -0.3 is 15.0 Å². The Kier molecular flexibility index (Phi) is 22.3. The number of carboxylic acids is 1. The molecule has 0 aliphatic heterocycles. The summed E-state index contributed by atoms with van der Waals surface area (Å²) in [6.45, 7) is 3.46. The standard InChI is InChI=1S/C6H13O.C4H6O3.Zr/c1-2-3-4-5-6-7;1-3(5)2-4(6)7;/h2-6H2,1H3;2H2,1H3,(H,6,7);/q-1;;+2/p-1. The minimum absolute atomic E-state index is 0. The molecule has 0 rings (SSSR count). The van der Waals surface area contributed by atoms with Crippen LogP contribution in [0.15, 0.2) is 0 Å². The van der Waals surface area contributed by atoms with E-state index in [2.05, 4.69) is 6.92 Å². The molecule has 0 aromatic carbocycles. The molecular weight excluding hydrogens is 275 g/mol. The normalized spacial score (nSPS) is 8.20. The van der Waals surface area contributed by atoms with Gasteiger partial charge in [0.1, 0.15) is 5.78 Å². The van der Waals surface area contributed by atoms with Gasteiger partial charge in [0.05, 0.1) is 0 Å². The van der Waals surface area contributed by atoms with Crippen molar-refractivity contribution in [1.29, 1.82) is 0 Å². The van der Waals surface area contributed by atoms with Crippen LogP contribution in [0.3, 0.4) is 0 Å². The summed E-state index contributed by atoms with van der Waals surface area (Å²) in [5, 5.41) is 19.3. The van der Waals surface area contributed by atoms with Gasteiger partial charge in [-0.05, 0) is 6.92 Å². The second-order valence-corrected chi connectivity index (χ2v) is 3.02. The third-order valence-corrected chi connectivity index (χ3v) is 1.39. The maximum absolute atomic E-state index is 9.83. The summed E-state index contributed by atoms with van der Waals surface area (Å²) in [6.07, 6.45) is 3.97. The number of rotatable bonds is 6. The predicted molar refractivity (Wildman–Crippen MR) is 49.3 cm³/mol. The molecule has 86 valence electrons. The second-order valence-electron chi connectivity index (χ2n) is 3.02. The van der Waals surface area contributed by atoms with Crippen LogP contribution in [0.2, 0.25) is 0 Å². The van der Waals surface area contributed by atoms with Crippen molar-refractivity contribution in [3.8, 4) is 0 Å². The zero-order valence-electron chi connectivity index (χ0n) is 9.38. The van der Waals surface area contributed by atoms with E-state index in [1.165, 1.54) is 19.8 Å². The molecule has 0 bridgehead atoms. The van der Waals surface area contributed by atoms with Gasteiger partial charge >= 0.3 is 26.2 Å². The summed E-state index contributed by atoms with van der Waals surface area (Å²) in [6, 6.07) is 0. The van der Waals surface area contributed by atoms with Gasteiger partial charge in [-0.1, -0.05) is 32.6 Å². The molecule has 0 saturated carbocycles. The number of ketones is 1. The van der Waals surface area contributed by atoms with Crippen molar-refractivity contribution in [3.63, 3.8) is 0 Å². The number of hydrogen-bond donors (Lipinski definition) is 0. The maximum atomic E-state index is 9.83. The summed E-state index contributed by atoms with van der Waals surface area (Å²) < 4.78 is 0. The minimum atomic E-state index is -1.31.